The number of pyridine rings is 1. The van der Waals surface area contributed by atoms with Crippen LogP contribution in [0.4, 0.5) is 0 Å². The van der Waals surface area contributed by atoms with Crippen molar-refractivity contribution in [3.05, 3.63) is 54.6 Å². The average Bonchev–Trinajstić information content (AvgIpc) is 3.58. The van der Waals surface area contributed by atoms with E-state index in [1.807, 2.05) is 0 Å². The van der Waals surface area contributed by atoms with Crippen molar-refractivity contribution in [2.75, 3.05) is 19.6 Å². The molecule has 0 spiro atoms. The second kappa shape index (κ2) is 9.41. The number of fused-ring (bicyclic) bond motifs is 3. The van der Waals surface area contributed by atoms with Crippen LogP contribution in [0.3, 0.4) is 0 Å². The molecule has 9 nitrogen and oxygen atoms in total. The lowest BCUT2D eigenvalue weighted by Crippen LogP contribution is -2.23. The Morgan fingerprint density at radius 2 is 2.03 bits per heavy atom. The zero-order chi connectivity index (χ0) is 24.6. The van der Waals surface area contributed by atoms with Crippen LogP contribution in [0.2, 0.25) is 0 Å². The van der Waals surface area contributed by atoms with Gasteiger partial charge in [0.05, 0.1) is 22.7 Å². The summed E-state index contributed by atoms with van der Waals surface area (Å²) < 4.78 is 29.9. The number of nitrogens with zero attached hydrogens (tertiary/aromatic N) is 6. The summed E-state index contributed by atoms with van der Waals surface area (Å²) in [5, 5.41) is 20.0. The summed E-state index contributed by atoms with van der Waals surface area (Å²) in [7, 11) is -3.81. The molecule has 1 saturated heterocycles. The van der Waals surface area contributed by atoms with Crippen LogP contribution in [0.5, 0.6) is 0 Å². The monoisotopic (exact) mass is 492 g/mol. The highest BCUT2D eigenvalue weighted by molar-refractivity contribution is 7.90. The SMILES string of the molecule is C[C@@H](O)c1nc2cnc3c(ccn3S(=O)(=O)c3ccccc3)c2n1[C@H]1CCN(CCCCC#N)C1. The normalized spacial score (nSPS) is 17.8. The largest absolute Gasteiger partial charge is 0.385 e. The van der Waals surface area contributed by atoms with Crippen LogP contribution in [-0.4, -0.2) is 56.6 Å². The van der Waals surface area contributed by atoms with Gasteiger partial charge >= 0.3 is 0 Å². The predicted octanol–water partition coefficient (Wildman–Crippen LogP) is 3.62. The number of nitriles is 1. The summed E-state index contributed by atoms with van der Waals surface area (Å²) >= 11 is 0. The molecule has 10 heteroatoms. The molecule has 1 aromatic carbocycles. The van der Waals surface area contributed by atoms with Gasteiger partial charge in [0.2, 0.25) is 0 Å². The van der Waals surface area contributed by atoms with Crippen molar-refractivity contribution in [2.45, 2.75) is 49.6 Å². The van der Waals surface area contributed by atoms with Gasteiger partial charge in [-0.25, -0.2) is 22.4 Å². The van der Waals surface area contributed by atoms with E-state index >= 15 is 0 Å². The fourth-order valence-corrected chi connectivity index (χ4v) is 6.32. The Labute approximate surface area is 204 Å². The van der Waals surface area contributed by atoms with Gasteiger partial charge in [0, 0.05) is 37.1 Å². The Hall–Kier alpha value is -3.26. The highest BCUT2D eigenvalue weighted by Crippen LogP contribution is 2.35. The van der Waals surface area contributed by atoms with E-state index in [0.717, 1.165) is 44.4 Å². The summed E-state index contributed by atoms with van der Waals surface area (Å²) in [4.78, 5) is 11.7. The quantitative estimate of drug-likeness (QED) is 0.373. The molecule has 0 bridgehead atoms. The van der Waals surface area contributed by atoms with Crippen molar-refractivity contribution in [1.82, 2.24) is 23.4 Å². The summed E-state index contributed by atoms with van der Waals surface area (Å²) in [6.07, 6.45) is 5.68. The lowest BCUT2D eigenvalue weighted by atomic mass is 10.2. The van der Waals surface area contributed by atoms with Gasteiger partial charge in [-0.05, 0) is 50.9 Å². The number of hydrogen-bond donors (Lipinski definition) is 1. The number of imidazole rings is 1. The third kappa shape index (κ3) is 4.20. The number of aliphatic hydroxyl groups is 1. The van der Waals surface area contributed by atoms with Crippen molar-refractivity contribution in [3.63, 3.8) is 0 Å². The first-order chi connectivity index (χ1) is 16.9. The van der Waals surface area contributed by atoms with Gasteiger partial charge in [0.25, 0.3) is 10.0 Å². The molecule has 1 aliphatic rings. The topological polar surface area (TPSA) is 117 Å². The number of rotatable bonds is 8. The van der Waals surface area contributed by atoms with Crippen LogP contribution < -0.4 is 0 Å². The first kappa shape index (κ1) is 23.5. The molecule has 4 heterocycles. The predicted molar refractivity (Wildman–Crippen MR) is 132 cm³/mol. The van der Waals surface area contributed by atoms with E-state index in [2.05, 4.69) is 25.5 Å². The van der Waals surface area contributed by atoms with E-state index in [1.54, 1.807) is 49.5 Å². The number of aromatic nitrogens is 4. The minimum absolute atomic E-state index is 0.0975. The highest BCUT2D eigenvalue weighted by Gasteiger charge is 2.30. The van der Waals surface area contributed by atoms with Crippen molar-refractivity contribution in [1.29, 1.82) is 5.26 Å². The maximum absolute atomic E-state index is 13.3. The summed E-state index contributed by atoms with van der Waals surface area (Å²) in [5.41, 5.74) is 1.77. The van der Waals surface area contributed by atoms with Gasteiger partial charge in [-0.1, -0.05) is 18.2 Å². The molecule has 0 amide bonds. The fraction of sp³-hybridized carbons (Fsp3) is 0.400. The van der Waals surface area contributed by atoms with E-state index in [1.165, 1.54) is 10.2 Å². The molecular formula is C25H28N6O3S. The number of aliphatic hydroxyl groups excluding tert-OH is 1. The molecule has 0 saturated carbocycles. The molecule has 35 heavy (non-hydrogen) atoms. The van der Waals surface area contributed by atoms with Gasteiger partial charge in [0.15, 0.2) is 5.65 Å². The third-order valence-corrected chi connectivity index (χ3v) is 8.34. The third-order valence-electron chi connectivity index (χ3n) is 6.66. The number of hydrogen-bond acceptors (Lipinski definition) is 7. The first-order valence-corrected chi connectivity index (χ1v) is 13.3. The van der Waals surface area contributed by atoms with Crippen LogP contribution in [-0.2, 0) is 10.0 Å². The summed E-state index contributed by atoms with van der Waals surface area (Å²) in [6.45, 7) is 4.36. The minimum Gasteiger partial charge on any atom is -0.385 e. The summed E-state index contributed by atoms with van der Waals surface area (Å²) in [6, 6.07) is 12.4. The van der Waals surface area contributed by atoms with Crippen molar-refractivity contribution >= 4 is 32.1 Å². The lowest BCUT2D eigenvalue weighted by Gasteiger charge is -2.20. The Balaban J connectivity index is 1.57. The molecule has 1 aliphatic heterocycles. The molecule has 0 aliphatic carbocycles. The Kier molecular flexibility index (Phi) is 6.32. The molecule has 3 aromatic heterocycles. The van der Waals surface area contributed by atoms with E-state index in [0.29, 0.717) is 28.8 Å². The Morgan fingerprint density at radius 1 is 1.23 bits per heavy atom. The zero-order valence-electron chi connectivity index (χ0n) is 19.6. The second-order valence-electron chi connectivity index (χ2n) is 9.03. The zero-order valence-corrected chi connectivity index (χ0v) is 20.4. The van der Waals surface area contributed by atoms with Crippen molar-refractivity contribution < 1.29 is 13.5 Å². The maximum Gasteiger partial charge on any atom is 0.269 e. The van der Waals surface area contributed by atoms with Crippen LogP contribution in [0.25, 0.3) is 22.1 Å². The molecule has 4 aromatic rings. The first-order valence-electron chi connectivity index (χ1n) is 11.9. The van der Waals surface area contributed by atoms with Gasteiger partial charge in [-0.15, -0.1) is 0 Å². The molecule has 5 rings (SSSR count). The number of benzene rings is 1. The molecule has 2 atom stereocenters. The lowest BCUT2D eigenvalue weighted by molar-refractivity contribution is 0.181. The van der Waals surface area contributed by atoms with Crippen LogP contribution in [0, 0.1) is 11.3 Å². The number of likely N-dealkylation sites (tertiary alicyclic amines) is 1. The Morgan fingerprint density at radius 3 is 2.77 bits per heavy atom. The molecule has 0 radical (unpaired) electrons. The maximum atomic E-state index is 13.3. The van der Waals surface area contributed by atoms with Gasteiger partial charge in [0.1, 0.15) is 17.4 Å². The van der Waals surface area contributed by atoms with Gasteiger partial charge < -0.3 is 14.6 Å². The Bertz CT molecular complexity index is 1500. The second-order valence-corrected chi connectivity index (χ2v) is 10.8. The van der Waals surface area contributed by atoms with E-state index in [9.17, 15) is 13.5 Å². The van der Waals surface area contributed by atoms with E-state index in [-0.39, 0.29) is 10.9 Å². The molecule has 1 N–H and O–H groups in total. The van der Waals surface area contributed by atoms with E-state index in [4.69, 9.17) is 5.26 Å². The molecule has 1 fully saturated rings. The minimum atomic E-state index is -3.81. The molecular weight excluding hydrogens is 464 g/mol. The van der Waals surface area contributed by atoms with Crippen molar-refractivity contribution in [2.24, 2.45) is 0 Å². The van der Waals surface area contributed by atoms with Crippen LogP contribution in [0.1, 0.15) is 50.6 Å². The van der Waals surface area contributed by atoms with Gasteiger partial charge in [-0.3, -0.25) is 0 Å². The highest BCUT2D eigenvalue weighted by atomic mass is 32.2. The van der Waals surface area contributed by atoms with Crippen molar-refractivity contribution in [3.8, 4) is 6.07 Å². The molecule has 182 valence electrons. The average molecular weight is 493 g/mol. The number of unbranched alkanes of at least 4 members (excludes halogenated alkanes) is 2. The van der Waals surface area contributed by atoms with Crippen LogP contribution in [0.15, 0.2) is 53.7 Å². The summed E-state index contributed by atoms with van der Waals surface area (Å²) in [5.74, 6) is 0.560. The standard InChI is InChI=1S/C25H28N6O3S/c1-18(32)24-28-22-16-27-25-21(11-15-30(25)35(33,34)20-8-4-2-5-9-20)23(22)31(24)19-10-14-29(17-19)13-7-3-6-12-26/h2,4-5,8-9,11,15-16,18-19,32H,3,6-7,10,13-14,17H2,1H3/t18-,19+/m1/s1. The van der Waals surface area contributed by atoms with E-state index < -0.39 is 16.1 Å². The fourth-order valence-electron chi connectivity index (χ4n) is 5.00. The van der Waals surface area contributed by atoms with Crippen LogP contribution >= 0.6 is 0 Å². The van der Waals surface area contributed by atoms with Gasteiger partial charge in [-0.2, -0.15) is 5.26 Å². The smallest absolute Gasteiger partial charge is 0.269 e. The molecule has 0 unspecified atom stereocenters.